The second kappa shape index (κ2) is 11.7. The molecule has 0 aromatic rings. The van der Waals surface area contributed by atoms with Crippen LogP contribution in [0.5, 0.6) is 0 Å². The van der Waals surface area contributed by atoms with E-state index in [2.05, 4.69) is 38.9 Å². The molecule has 2 rings (SSSR count). The Labute approximate surface area is 155 Å². The van der Waals surface area contributed by atoms with Gasteiger partial charge in [0.15, 0.2) is 5.96 Å². The molecule has 2 aliphatic heterocycles. The molecule has 0 aromatic carbocycles. The number of piperidine rings is 1. The first kappa shape index (κ1) is 20.5. The molecule has 0 aliphatic carbocycles. The van der Waals surface area contributed by atoms with Gasteiger partial charge in [0.1, 0.15) is 0 Å². The number of unbranched alkanes of at least 4 members (excludes halogenated alkanes) is 2. The summed E-state index contributed by atoms with van der Waals surface area (Å²) in [4.78, 5) is 12.2. The number of guanidine groups is 1. The highest BCUT2D eigenvalue weighted by atomic mass is 15.3. The van der Waals surface area contributed by atoms with Crippen molar-refractivity contribution in [3.05, 3.63) is 0 Å². The minimum absolute atomic E-state index is 0.693. The van der Waals surface area contributed by atoms with Crippen LogP contribution >= 0.6 is 0 Å². The smallest absolute Gasteiger partial charge is 0.193 e. The summed E-state index contributed by atoms with van der Waals surface area (Å²) in [5.41, 5.74) is 0. The second-order valence-electron chi connectivity index (χ2n) is 7.55. The van der Waals surface area contributed by atoms with Gasteiger partial charge < -0.3 is 15.1 Å². The third-order valence-corrected chi connectivity index (χ3v) is 5.89. The van der Waals surface area contributed by atoms with Crippen LogP contribution in [0, 0.1) is 0 Å². The number of nitrogens with zero attached hydrogens (tertiary/aromatic N) is 4. The van der Waals surface area contributed by atoms with Crippen LogP contribution in [-0.4, -0.2) is 86.1 Å². The first-order valence-electron chi connectivity index (χ1n) is 10.7. The maximum Gasteiger partial charge on any atom is 0.193 e. The summed E-state index contributed by atoms with van der Waals surface area (Å²) in [5, 5.41) is 3.59. The Morgan fingerprint density at radius 2 is 1.80 bits per heavy atom. The van der Waals surface area contributed by atoms with Gasteiger partial charge in [-0.05, 0) is 64.8 Å². The molecule has 2 saturated heterocycles. The van der Waals surface area contributed by atoms with E-state index in [1.165, 1.54) is 64.6 Å². The largest absolute Gasteiger partial charge is 0.356 e. The Bertz CT molecular complexity index is 374. The van der Waals surface area contributed by atoms with Gasteiger partial charge in [0.25, 0.3) is 0 Å². The topological polar surface area (TPSA) is 34.1 Å². The molecule has 146 valence electrons. The van der Waals surface area contributed by atoms with E-state index in [1.54, 1.807) is 0 Å². The van der Waals surface area contributed by atoms with Crippen molar-refractivity contribution >= 4 is 5.96 Å². The Kier molecular flexibility index (Phi) is 9.63. The summed E-state index contributed by atoms with van der Waals surface area (Å²) in [5.74, 6) is 1.10. The van der Waals surface area contributed by atoms with Crippen molar-refractivity contribution in [1.29, 1.82) is 0 Å². The zero-order valence-electron chi connectivity index (χ0n) is 17.0. The number of aliphatic imine (C=N–C) groups is 1. The Morgan fingerprint density at radius 1 is 1.04 bits per heavy atom. The van der Waals surface area contributed by atoms with Crippen molar-refractivity contribution < 1.29 is 0 Å². The van der Waals surface area contributed by atoms with Crippen LogP contribution < -0.4 is 5.32 Å². The van der Waals surface area contributed by atoms with Crippen LogP contribution in [0.25, 0.3) is 0 Å². The van der Waals surface area contributed by atoms with E-state index in [-0.39, 0.29) is 0 Å². The third-order valence-electron chi connectivity index (χ3n) is 5.89. The van der Waals surface area contributed by atoms with Gasteiger partial charge in [0, 0.05) is 32.7 Å². The van der Waals surface area contributed by atoms with Crippen molar-refractivity contribution in [3.8, 4) is 0 Å². The lowest BCUT2D eigenvalue weighted by Crippen LogP contribution is -2.43. The van der Waals surface area contributed by atoms with Crippen LogP contribution in [0.2, 0.25) is 0 Å². The lowest BCUT2D eigenvalue weighted by molar-refractivity contribution is 0.223. The van der Waals surface area contributed by atoms with E-state index in [9.17, 15) is 0 Å². The molecule has 0 aromatic heterocycles. The van der Waals surface area contributed by atoms with Crippen molar-refractivity contribution in [3.63, 3.8) is 0 Å². The van der Waals surface area contributed by atoms with E-state index < -0.39 is 0 Å². The maximum absolute atomic E-state index is 4.51. The fraction of sp³-hybridized carbons (Fsp3) is 0.950. The minimum Gasteiger partial charge on any atom is -0.356 e. The summed E-state index contributed by atoms with van der Waals surface area (Å²) in [6.45, 7) is 14.1. The molecule has 2 heterocycles. The fourth-order valence-corrected chi connectivity index (χ4v) is 4.32. The zero-order valence-corrected chi connectivity index (χ0v) is 17.0. The molecule has 1 N–H and O–H groups in total. The molecule has 0 saturated carbocycles. The number of rotatable bonds is 9. The molecule has 1 atom stereocenters. The molecule has 2 fully saturated rings. The summed E-state index contributed by atoms with van der Waals surface area (Å²) >= 11 is 0. The molecule has 0 radical (unpaired) electrons. The second-order valence-corrected chi connectivity index (χ2v) is 7.55. The maximum atomic E-state index is 4.51. The van der Waals surface area contributed by atoms with Gasteiger partial charge in [-0.25, -0.2) is 0 Å². The van der Waals surface area contributed by atoms with Crippen LogP contribution in [0.4, 0.5) is 0 Å². The first-order chi connectivity index (χ1) is 12.3. The van der Waals surface area contributed by atoms with Gasteiger partial charge in [-0.1, -0.05) is 26.7 Å². The molecule has 1 unspecified atom stereocenters. The van der Waals surface area contributed by atoms with Gasteiger partial charge >= 0.3 is 0 Å². The Hall–Kier alpha value is -0.810. The van der Waals surface area contributed by atoms with E-state index in [1.807, 2.05) is 7.05 Å². The van der Waals surface area contributed by atoms with E-state index in [0.29, 0.717) is 6.04 Å². The molecule has 0 bridgehead atoms. The predicted molar refractivity (Wildman–Crippen MR) is 108 cm³/mol. The summed E-state index contributed by atoms with van der Waals surface area (Å²) in [7, 11) is 1.92. The van der Waals surface area contributed by atoms with E-state index >= 15 is 0 Å². The van der Waals surface area contributed by atoms with Gasteiger partial charge in [-0.3, -0.25) is 9.89 Å². The van der Waals surface area contributed by atoms with Crippen LogP contribution in [-0.2, 0) is 0 Å². The molecule has 0 spiro atoms. The highest BCUT2D eigenvalue weighted by Crippen LogP contribution is 2.15. The normalized spacial score (nSPS) is 22.8. The third kappa shape index (κ3) is 6.78. The molecule has 0 amide bonds. The Morgan fingerprint density at radius 3 is 2.48 bits per heavy atom. The SMILES string of the molecule is CCN(CC)C1CCN(C(=NC)NCCCCCN2CCCCC2)C1. The quantitative estimate of drug-likeness (QED) is 0.393. The van der Waals surface area contributed by atoms with Gasteiger partial charge in [-0.15, -0.1) is 0 Å². The molecule has 25 heavy (non-hydrogen) atoms. The van der Waals surface area contributed by atoms with Crippen molar-refractivity contribution in [2.75, 3.05) is 59.4 Å². The molecular formula is C20H41N5. The summed E-state index contributed by atoms with van der Waals surface area (Å²) < 4.78 is 0. The number of likely N-dealkylation sites (N-methyl/N-ethyl adjacent to an activating group) is 1. The molecule has 5 nitrogen and oxygen atoms in total. The molecule has 2 aliphatic rings. The number of hydrogen-bond acceptors (Lipinski definition) is 3. The molecular weight excluding hydrogens is 310 g/mol. The lowest BCUT2D eigenvalue weighted by Gasteiger charge is -2.27. The van der Waals surface area contributed by atoms with Crippen molar-refractivity contribution in [2.45, 2.75) is 64.8 Å². The van der Waals surface area contributed by atoms with Gasteiger partial charge in [-0.2, -0.15) is 0 Å². The summed E-state index contributed by atoms with van der Waals surface area (Å²) in [6, 6.07) is 0.693. The standard InChI is InChI=1S/C20H41N5/c1-4-24(5-2)19-12-17-25(18-19)20(21-3)22-13-8-6-9-14-23-15-10-7-11-16-23/h19H,4-18H2,1-3H3,(H,21,22). The molecule has 5 heteroatoms. The van der Waals surface area contributed by atoms with Crippen LogP contribution in [0.15, 0.2) is 4.99 Å². The van der Waals surface area contributed by atoms with Crippen LogP contribution in [0.1, 0.15) is 58.8 Å². The minimum atomic E-state index is 0.693. The monoisotopic (exact) mass is 351 g/mol. The van der Waals surface area contributed by atoms with Gasteiger partial charge in [0.2, 0.25) is 0 Å². The number of likely N-dealkylation sites (tertiary alicyclic amines) is 2. The van der Waals surface area contributed by atoms with Crippen molar-refractivity contribution in [2.24, 2.45) is 4.99 Å². The highest BCUT2D eigenvalue weighted by molar-refractivity contribution is 5.80. The Balaban J connectivity index is 1.57. The van der Waals surface area contributed by atoms with Crippen molar-refractivity contribution in [1.82, 2.24) is 20.0 Å². The number of hydrogen-bond donors (Lipinski definition) is 1. The first-order valence-corrected chi connectivity index (χ1v) is 10.7. The highest BCUT2D eigenvalue weighted by Gasteiger charge is 2.27. The number of nitrogens with one attached hydrogen (secondary N) is 1. The zero-order chi connectivity index (χ0) is 17.9. The predicted octanol–water partition coefficient (Wildman–Crippen LogP) is 2.63. The average molecular weight is 352 g/mol. The fourth-order valence-electron chi connectivity index (χ4n) is 4.32. The van der Waals surface area contributed by atoms with E-state index in [4.69, 9.17) is 0 Å². The summed E-state index contributed by atoms with van der Waals surface area (Å²) in [6.07, 6.45) is 9.42. The van der Waals surface area contributed by atoms with Crippen LogP contribution in [0.3, 0.4) is 0 Å². The van der Waals surface area contributed by atoms with E-state index in [0.717, 1.165) is 38.7 Å². The lowest BCUT2D eigenvalue weighted by atomic mass is 10.1. The average Bonchev–Trinajstić information content (AvgIpc) is 3.13. The van der Waals surface area contributed by atoms with Gasteiger partial charge in [0.05, 0.1) is 0 Å².